The van der Waals surface area contributed by atoms with Gasteiger partial charge in [0.05, 0.1) is 12.8 Å². The van der Waals surface area contributed by atoms with Crippen LogP contribution < -0.4 is 15.4 Å². The number of methoxy groups -OCH3 is 1. The molecule has 2 rings (SSSR count). The standard InChI is InChI=1S/C19H30N2O3/c1-13(14-8-10-20-11-9-14)16-7-6-15(23-5)12-17(16)21-18(22)24-19(2,3)4/h6-7,12-14,20H,8-11H2,1-5H3,(H,21,22). The van der Waals surface area contributed by atoms with Gasteiger partial charge in [-0.25, -0.2) is 4.79 Å². The number of hydrogen-bond acceptors (Lipinski definition) is 4. The minimum absolute atomic E-state index is 0.364. The molecule has 1 saturated heterocycles. The van der Waals surface area contributed by atoms with Crippen LogP contribution in [0.25, 0.3) is 0 Å². The van der Waals surface area contributed by atoms with E-state index in [1.165, 1.54) is 0 Å². The predicted molar refractivity (Wildman–Crippen MR) is 96.9 cm³/mol. The summed E-state index contributed by atoms with van der Waals surface area (Å²) in [5.41, 5.74) is 1.38. The average molecular weight is 334 g/mol. The van der Waals surface area contributed by atoms with E-state index in [0.29, 0.717) is 11.8 Å². The first-order valence-corrected chi connectivity index (χ1v) is 8.69. The molecule has 0 saturated carbocycles. The van der Waals surface area contributed by atoms with Gasteiger partial charge in [-0.05, 0) is 70.2 Å². The van der Waals surface area contributed by atoms with Crippen LogP contribution in [0.4, 0.5) is 10.5 Å². The van der Waals surface area contributed by atoms with Crippen LogP contribution >= 0.6 is 0 Å². The van der Waals surface area contributed by atoms with Crippen molar-refractivity contribution in [1.82, 2.24) is 5.32 Å². The Morgan fingerprint density at radius 1 is 1.29 bits per heavy atom. The molecule has 1 atom stereocenters. The van der Waals surface area contributed by atoms with Crippen LogP contribution in [0.1, 0.15) is 52.0 Å². The lowest BCUT2D eigenvalue weighted by Gasteiger charge is -2.30. The number of hydrogen-bond donors (Lipinski definition) is 2. The molecule has 2 N–H and O–H groups in total. The number of piperidine rings is 1. The monoisotopic (exact) mass is 334 g/mol. The fourth-order valence-electron chi connectivity index (χ4n) is 3.18. The maximum absolute atomic E-state index is 12.2. The summed E-state index contributed by atoms with van der Waals surface area (Å²) in [6.07, 6.45) is 1.87. The zero-order valence-corrected chi connectivity index (χ0v) is 15.4. The van der Waals surface area contributed by atoms with Crippen molar-refractivity contribution in [2.24, 2.45) is 5.92 Å². The highest BCUT2D eigenvalue weighted by atomic mass is 16.6. The molecule has 1 fully saturated rings. The number of carbonyl (C=O) groups is 1. The van der Waals surface area contributed by atoms with Crippen molar-refractivity contribution in [3.8, 4) is 5.75 Å². The van der Waals surface area contributed by atoms with Gasteiger partial charge in [0.2, 0.25) is 0 Å². The summed E-state index contributed by atoms with van der Waals surface area (Å²) in [5, 5.41) is 6.31. The molecule has 0 aromatic heterocycles. The highest BCUT2D eigenvalue weighted by molar-refractivity contribution is 5.86. The summed E-state index contributed by atoms with van der Waals surface area (Å²) < 4.78 is 10.7. The van der Waals surface area contributed by atoms with E-state index in [2.05, 4.69) is 23.6 Å². The molecule has 1 unspecified atom stereocenters. The van der Waals surface area contributed by atoms with Gasteiger partial charge in [0, 0.05) is 6.07 Å². The van der Waals surface area contributed by atoms with Crippen LogP contribution in [-0.4, -0.2) is 31.9 Å². The summed E-state index contributed by atoms with van der Waals surface area (Å²) >= 11 is 0. The van der Waals surface area contributed by atoms with E-state index in [1.807, 2.05) is 32.9 Å². The molecule has 0 spiro atoms. The lowest BCUT2D eigenvalue weighted by molar-refractivity contribution is 0.0635. The number of anilines is 1. The second kappa shape index (κ2) is 7.88. The van der Waals surface area contributed by atoms with Crippen LogP contribution in [0.2, 0.25) is 0 Å². The molecule has 5 nitrogen and oxygen atoms in total. The lowest BCUT2D eigenvalue weighted by atomic mass is 9.81. The van der Waals surface area contributed by atoms with Crippen LogP contribution in [0, 0.1) is 5.92 Å². The van der Waals surface area contributed by atoms with Crippen molar-refractivity contribution in [3.63, 3.8) is 0 Å². The quantitative estimate of drug-likeness (QED) is 0.868. The highest BCUT2D eigenvalue weighted by Gasteiger charge is 2.25. The van der Waals surface area contributed by atoms with Gasteiger partial charge in [-0.3, -0.25) is 5.32 Å². The van der Waals surface area contributed by atoms with Crippen molar-refractivity contribution < 1.29 is 14.3 Å². The Morgan fingerprint density at radius 2 is 1.96 bits per heavy atom. The van der Waals surface area contributed by atoms with E-state index in [0.717, 1.165) is 42.9 Å². The molecular formula is C19H30N2O3. The second-order valence-electron chi connectivity index (χ2n) is 7.46. The SMILES string of the molecule is COc1ccc(C(C)C2CCNCC2)c(NC(=O)OC(C)(C)C)c1. The Morgan fingerprint density at radius 3 is 2.54 bits per heavy atom. The zero-order chi connectivity index (χ0) is 17.7. The first-order chi connectivity index (χ1) is 11.3. The first-order valence-electron chi connectivity index (χ1n) is 8.69. The lowest BCUT2D eigenvalue weighted by Crippen LogP contribution is -2.31. The van der Waals surface area contributed by atoms with Crippen molar-refractivity contribution in [2.75, 3.05) is 25.5 Å². The van der Waals surface area contributed by atoms with Gasteiger partial charge in [-0.2, -0.15) is 0 Å². The summed E-state index contributed by atoms with van der Waals surface area (Å²) in [6, 6.07) is 5.88. The van der Waals surface area contributed by atoms with Crippen molar-refractivity contribution in [3.05, 3.63) is 23.8 Å². The van der Waals surface area contributed by atoms with Gasteiger partial charge in [-0.15, -0.1) is 0 Å². The van der Waals surface area contributed by atoms with Gasteiger partial charge in [0.1, 0.15) is 11.4 Å². The van der Waals surface area contributed by atoms with Gasteiger partial charge >= 0.3 is 6.09 Å². The number of benzene rings is 1. The molecule has 1 heterocycles. The molecule has 1 aromatic carbocycles. The topological polar surface area (TPSA) is 59.6 Å². The molecule has 0 aliphatic carbocycles. The maximum atomic E-state index is 12.2. The van der Waals surface area contributed by atoms with E-state index in [-0.39, 0.29) is 0 Å². The Bertz CT molecular complexity index is 560. The number of ether oxygens (including phenoxy) is 2. The summed E-state index contributed by atoms with van der Waals surface area (Å²) in [7, 11) is 1.63. The third-order valence-electron chi connectivity index (χ3n) is 4.48. The predicted octanol–water partition coefficient (Wildman–Crippen LogP) is 4.15. The average Bonchev–Trinajstić information content (AvgIpc) is 2.53. The molecule has 0 bridgehead atoms. The molecule has 1 amide bonds. The minimum Gasteiger partial charge on any atom is -0.497 e. The normalized spacial score (nSPS) is 17.2. The Hall–Kier alpha value is -1.75. The second-order valence-corrected chi connectivity index (χ2v) is 7.46. The van der Waals surface area contributed by atoms with E-state index in [1.54, 1.807) is 7.11 Å². The summed E-state index contributed by atoms with van der Waals surface area (Å²) in [5.74, 6) is 1.70. The molecule has 1 aliphatic rings. The maximum Gasteiger partial charge on any atom is 0.412 e. The molecule has 0 radical (unpaired) electrons. The largest absolute Gasteiger partial charge is 0.497 e. The summed E-state index contributed by atoms with van der Waals surface area (Å²) in [6.45, 7) is 9.92. The van der Waals surface area contributed by atoms with Crippen molar-refractivity contribution in [2.45, 2.75) is 52.1 Å². The molecule has 24 heavy (non-hydrogen) atoms. The summed E-state index contributed by atoms with van der Waals surface area (Å²) in [4.78, 5) is 12.2. The zero-order valence-electron chi connectivity index (χ0n) is 15.4. The molecular weight excluding hydrogens is 304 g/mol. The third kappa shape index (κ3) is 5.13. The van der Waals surface area contributed by atoms with Gasteiger partial charge in [0.25, 0.3) is 0 Å². The van der Waals surface area contributed by atoms with E-state index >= 15 is 0 Å². The van der Waals surface area contributed by atoms with Gasteiger partial charge in [0.15, 0.2) is 0 Å². The van der Waals surface area contributed by atoms with Crippen LogP contribution in [-0.2, 0) is 4.74 Å². The molecule has 1 aromatic rings. The van der Waals surface area contributed by atoms with Crippen LogP contribution in [0.15, 0.2) is 18.2 Å². The molecule has 5 heteroatoms. The van der Waals surface area contributed by atoms with E-state index < -0.39 is 11.7 Å². The Labute approximate surface area is 145 Å². The first kappa shape index (κ1) is 18.6. The van der Waals surface area contributed by atoms with Crippen molar-refractivity contribution in [1.29, 1.82) is 0 Å². The van der Waals surface area contributed by atoms with Gasteiger partial charge in [-0.1, -0.05) is 13.0 Å². The smallest absolute Gasteiger partial charge is 0.412 e. The highest BCUT2D eigenvalue weighted by Crippen LogP contribution is 2.36. The van der Waals surface area contributed by atoms with E-state index in [9.17, 15) is 4.79 Å². The van der Waals surface area contributed by atoms with Crippen LogP contribution in [0.5, 0.6) is 5.75 Å². The van der Waals surface area contributed by atoms with Gasteiger partial charge < -0.3 is 14.8 Å². The fraction of sp³-hybridized carbons (Fsp3) is 0.632. The Balaban J connectivity index is 2.21. The van der Waals surface area contributed by atoms with Crippen LogP contribution in [0.3, 0.4) is 0 Å². The molecule has 1 aliphatic heterocycles. The third-order valence-corrected chi connectivity index (χ3v) is 4.48. The Kier molecular flexibility index (Phi) is 6.10. The number of rotatable bonds is 4. The molecule has 134 valence electrons. The van der Waals surface area contributed by atoms with Crippen molar-refractivity contribution >= 4 is 11.8 Å². The van der Waals surface area contributed by atoms with E-state index in [4.69, 9.17) is 9.47 Å². The number of nitrogens with one attached hydrogen (secondary N) is 2. The number of amides is 1. The number of carbonyl (C=O) groups excluding carboxylic acids is 1. The minimum atomic E-state index is -0.524. The fourth-order valence-corrected chi connectivity index (χ4v) is 3.18.